The van der Waals surface area contributed by atoms with Gasteiger partial charge in [-0.05, 0) is 36.5 Å². The van der Waals surface area contributed by atoms with E-state index in [1.807, 2.05) is 0 Å². The molecule has 3 heteroatoms. The van der Waals surface area contributed by atoms with Crippen molar-refractivity contribution in [2.45, 2.75) is 50.8 Å². The molecule has 1 aromatic rings. The third-order valence-corrected chi connectivity index (χ3v) is 5.51. The van der Waals surface area contributed by atoms with Gasteiger partial charge in [-0.15, -0.1) is 0 Å². The maximum Gasteiger partial charge on any atom is 0.127 e. The summed E-state index contributed by atoms with van der Waals surface area (Å²) in [6, 6.07) is 4.42. The van der Waals surface area contributed by atoms with Crippen molar-refractivity contribution >= 4 is 31.9 Å². The number of fused-ring (bicyclic) bond motifs is 1. The molecule has 0 fully saturated rings. The summed E-state index contributed by atoms with van der Waals surface area (Å²) in [6.45, 7) is 5.36. The first kappa shape index (κ1) is 15.4. The van der Waals surface area contributed by atoms with Crippen LogP contribution in [0.5, 0.6) is 5.75 Å². The molecule has 1 atom stereocenters. The molecular weight excluding hydrogens is 368 g/mol. The van der Waals surface area contributed by atoms with E-state index in [1.165, 1.54) is 41.3 Å². The minimum Gasteiger partial charge on any atom is -0.493 e. The molecule has 106 valence electrons. The Morgan fingerprint density at radius 1 is 1.21 bits per heavy atom. The van der Waals surface area contributed by atoms with E-state index < -0.39 is 0 Å². The maximum absolute atomic E-state index is 5.86. The van der Waals surface area contributed by atoms with Gasteiger partial charge in [0, 0.05) is 21.3 Å². The first-order chi connectivity index (χ1) is 9.17. The van der Waals surface area contributed by atoms with Crippen LogP contribution in [0.3, 0.4) is 0 Å². The smallest absolute Gasteiger partial charge is 0.127 e. The molecule has 1 unspecified atom stereocenters. The number of halogens is 2. The molecule has 0 radical (unpaired) electrons. The Bertz CT molecular complexity index is 425. The minimum absolute atomic E-state index is 0.400. The third kappa shape index (κ3) is 3.55. The van der Waals surface area contributed by atoms with Crippen molar-refractivity contribution in [1.29, 1.82) is 0 Å². The van der Waals surface area contributed by atoms with Crippen LogP contribution in [-0.2, 0) is 6.42 Å². The molecule has 0 aromatic heterocycles. The van der Waals surface area contributed by atoms with Gasteiger partial charge < -0.3 is 4.74 Å². The molecule has 0 aliphatic carbocycles. The second-order valence-electron chi connectivity index (χ2n) is 5.32. The average molecular weight is 390 g/mol. The Kier molecular flexibility index (Phi) is 5.76. The second kappa shape index (κ2) is 7.12. The summed E-state index contributed by atoms with van der Waals surface area (Å²) < 4.78 is 7.03. The largest absolute Gasteiger partial charge is 0.493 e. The van der Waals surface area contributed by atoms with Crippen molar-refractivity contribution in [2.75, 3.05) is 6.61 Å². The zero-order valence-corrected chi connectivity index (χ0v) is 14.9. The van der Waals surface area contributed by atoms with Crippen LogP contribution in [0.25, 0.3) is 0 Å². The molecule has 1 aromatic carbocycles. The average Bonchev–Trinajstić information content (AvgIpc) is 2.84. The van der Waals surface area contributed by atoms with Crippen molar-refractivity contribution < 1.29 is 4.74 Å². The highest BCUT2D eigenvalue weighted by atomic mass is 79.9. The SMILES string of the molecule is CCCC(CCC)C(Br)c1cc(Br)cc2c1OCC2. The molecule has 2 rings (SSSR count). The quantitative estimate of drug-likeness (QED) is 0.539. The van der Waals surface area contributed by atoms with Gasteiger partial charge in [-0.25, -0.2) is 0 Å². The normalized spacial score (nSPS) is 15.4. The Balaban J connectivity index is 2.29. The fourth-order valence-electron chi connectivity index (χ4n) is 2.94. The van der Waals surface area contributed by atoms with Crippen LogP contribution in [0.2, 0.25) is 0 Å². The van der Waals surface area contributed by atoms with Gasteiger partial charge in [0.05, 0.1) is 6.61 Å². The van der Waals surface area contributed by atoms with Crippen LogP contribution in [-0.4, -0.2) is 6.61 Å². The van der Waals surface area contributed by atoms with Gasteiger partial charge in [0.15, 0.2) is 0 Å². The lowest BCUT2D eigenvalue weighted by atomic mass is 9.90. The van der Waals surface area contributed by atoms with Crippen LogP contribution in [0.4, 0.5) is 0 Å². The van der Waals surface area contributed by atoms with E-state index in [2.05, 4.69) is 57.8 Å². The van der Waals surface area contributed by atoms with Crippen molar-refractivity contribution in [3.05, 3.63) is 27.7 Å². The molecule has 1 heterocycles. The molecular formula is C16H22Br2O. The van der Waals surface area contributed by atoms with E-state index >= 15 is 0 Å². The Hall–Kier alpha value is -0.0200. The summed E-state index contributed by atoms with van der Waals surface area (Å²) in [5, 5.41) is 0. The highest BCUT2D eigenvalue weighted by molar-refractivity contribution is 9.10. The lowest BCUT2D eigenvalue weighted by molar-refractivity contribution is 0.347. The van der Waals surface area contributed by atoms with Crippen molar-refractivity contribution in [3.63, 3.8) is 0 Å². The lowest BCUT2D eigenvalue weighted by Gasteiger charge is -2.24. The van der Waals surface area contributed by atoms with Crippen LogP contribution < -0.4 is 4.74 Å². The topological polar surface area (TPSA) is 9.23 Å². The van der Waals surface area contributed by atoms with Crippen LogP contribution in [0, 0.1) is 5.92 Å². The number of hydrogen-bond acceptors (Lipinski definition) is 1. The predicted octanol–water partition coefficient (Wildman–Crippen LogP) is 6.04. The van der Waals surface area contributed by atoms with E-state index in [1.54, 1.807) is 0 Å². The minimum atomic E-state index is 0.400. The van der Waals surface area contributed by atoms with Crippen molar-refractivity contribution in [3.8, 4) is 5.75 Å². The standard InChI is InChI=1S/C16H22Br2O/c1-3-5-11(6-4-2)15(18)14-10-13(17)9-12-7-8-19-16(12)14/h9-11,15H,3-8H2,1-2H3. The zero-order chi connectivity index (χ0) is 13.8. The highest BCUT2D eigenvalue weighted by Gasteiger charge is 2.26. The highest BCUT2D eigenvalue weighted by Crippen LogP contribution is 2.45. The molecule has 0 bridgehead atoms. The molecule has 0 spiro atoms. The molecule has 1 aliphatic rings. The first-order valence-corrected chi connectivity index (χ1v) is 8.97. The lowest BCUT2D eigenvalue weighted by Crippen LogP contribution is -2.09. The van der Waals surface area contributed by atoms with Gasteiger partial charge >= 0.3 is 0 Å². The van der Waals surface area contributed by atoms with Gasteiger partial charge in [0.2, 0.25) is 0 Å². The third-order valence-electron chi connectivity index (χ3n) is 3.81. The Morgan fingerprint density at radius 3 is 2.53 bits per heavy atom. The summed E-state index contributed by atoms with van der Waals surface area (Å²) in [5.41, 5.74) is 2.68. The molecule has 0 saturated heterocycles. The van der Waals surface area contributed by atoms with Crippen LogP contribution in [0.1, 0.15) is 55.5 Å². The van der Waals surface area contributed by atoms with Gasteiger partial charge in [0.1, 0.15) is 5.75 Å². The Labute approximate surface area is 133 Å². The number of rotatable bonds is 6. The second-order valence-corrected chi connectivity index (χ2v) is 7.22. The Morgan fingerprint density at radius 2 is 1.89 bits per heavy atom. The first-order valence-electron chi connectivity index (χ1n) is 7.26. The van der Waals surface area contributed by atoms with E-state index in [4.69, 9.17) is 4.74 Å². The van der Waals surface area contributed by atoms with Crippen molar-refractivity contribution in [1.82, 2.24) is 0 Å². The maximum atomic E-state index is 5.86. The van der Waals surface area contributed by atoms with Gasteiger partial charge in [0.25, 0.3) is 0 Å². The van der Waals surface area contributed by atoms with Gasteiger partial charge in [-0.2, -0.15) is 0 Å². The molecule has 0 saturated carbocycles. The number of alkyl halides is 1. The zero-order valence-electron chi connectivity index (χ0n) is 11.7. The van der Waals surface area contributed by atoms with Crippen LogP contribution in [0.15, 0.2) is 16.6 Å². The van der Waals surface area contributed by atoms with Crippen molar-refractivity contribution in [2.24, 2.45) is 5.92 Å². The molecule has 0 amide bonds. The fourth-order valence-corrected chi connectivity index (χ4v) is 4.33. The van der Waals surface area contributed by atoms with E-state index in [-0.39, 0.29) is 0 Å². The van der Waals surface area contributed by atoms with Gasteiger partial charge in [-0.3, -0.25) is 0 Å². The summed E-state index contributed by atoms with van der Waals surface area (Å²) >= 11 is 7.58. The fraction of sp³-hybridized carbons (Fsp3) is 0.625. The molecule has 1 nitrogen and oxygen atoms in total. The van der Waals surface area contributed by atoms with E-state index in [9.17, 15) is 0 Å². The summed E-state index contributed by atoms with van der Waals surface area (Å²) in [5.74, 6) is 1.82. The monoisotopic (exact) mass is 388 g/mol. The predicted molar refractivity (Wildman–Crippen MR) is 88.3 cm³/mol. The summed E-state index contributed by atoms with van der Waals surface area (Å²) in [4.78, 5) is 0.400. The van der Waals surface area contributed by atoms with E-state index in [0.29, 0.717) is 10.7 Å². The number of benzene rings is 1. The molecule has 0 N–H and O–H groups in total. The molecule has 1 aliphatic heterocycles. The van der Waals surface area contributed by atoms with E-state index in [0.717, 1.165) is 18.8 Å². The summed E-state index contributed by atoms with van der Waals surface area (Å²) in [6.07, 6.45) is 6.05. The van der Waals surface area contributed by atoms with Crippen LogP contribution >= 0.6 is 31.9 Å². The summed E-state index contributed by atoms with van der Waals surface area (Å²) in [7, 11) is 0. The van der Waals surface area contributed by atoms with Gasteiger partial charge in [-0.1, -0.05) is 58.5 Å². The number of hydrogen-bond donors (Lipinski definition) is 0. The number of ether oxygens (including phenoxy) is 1. The molecule has 19 heavy (non-hydrogen) atoms.